The molecule has 2 aromatic rings. The third kappa shape index (κ3) is 4.08. The Morgan fingerprint density at radius 2 is 1.46 bits per heavy atom. The van der Waals surface area contributed by atoms with Gasteiger partial charge in [0.1, 0.15) is 11.5 Å². The van der Waals surface area contributed by atoms with Crippen molar-refractivity contribution < 1.29 is 19.0 Å². The van der Waals surface area contributed by atoms with Crippen molar-refractivity contribution >= 4 is 29.2 Å². The number of carbonyl (C=O) groups is 1. The van der Waals surface area contributed by atoms with Crippen molar-refractivity contribution in [1.29, 1.82) is 0 Å². The van der Waals surface area contributed by atoms with Crippen LogP contribution in [0.3, 0.4) is 0 Å². The Labute approximate surface area is 164 Å². The minimum Gasteiger partial charge on any atom is -0.496 e. The summed E-state index contributed by atoms with van der Waals surface area (Å²) >= 11 is 12.3. The first-order valence-corrected chi connectivity index (χ1v) is 8.90. The second-order valence-electron chi connectivity index (χ2n) is 6.26. The van der Waals surface area contributed by atoms with E-state index < -0.39 is 5.41 Å². The molecule has 0 aromatic heterocycles. The molecule has 2 rings (SSSR count). The van der Waals surface area contributed by atoms with E-state index in [9.17, 15) is 4.79 Å². The Morgan fingerprint density at radius 3 is 1.88 bits per heavy atom. The van der Waals surface area contributed by atoms with Crippen LogP contribution < -0.4 is 9.47 Å². The van der Waals surface area contributed by atoms with Crippen molar-refractivity contribution in [3.63, 3.8) is 0 Å². The molecule has 0 aliphatic rings. The van der Waals surface area contributed by atoms with Crippen LogP contribution in [-0.4, -0.2) is 26.8 Å². The van der Waals surface area contributed by atoms with Gasteiger partial charge in [0, 0.05) is 10.0 Å². The van der Waals surface area contributed by atoms with Crippen LogP contribution in [0.2, 0.25) is 10.0 Å². The summed E-state index contributed by atoms with van der Waals surface area (Å²) in [5.41, 5.74) is 1.34. The van der Waals surface area contributed by atoms with Crippen molar-refractivity contribution in [2.24, 2.45) is 0 Å². The summed E-state index contributed by atoms with van der Waals surface area (Å²) in [7, 11) is 3.12. The molecule has 0 saturated carbocycles. The van der Waals surface area contributed by atoms with Gasteiger partial charge >= 0.3 is 5.97 Å². The summed E-state index contributed by atoms with van der Waals surface area (Å²) in [6.45, 7) is 5.70. The molecule has 0 fully saturated rings. The molecule has 0 aliphatic carbocycles. The predicted molar refractivity (Wildman–Crippen MR) is 105 cm³/mol. The summed E-state index contributed by atoms with van der Waals surface area (Å²) in [4.78, 5) is 12.4. The zero-order valence-electron chi connectivity index (χ0n) is 15.5. The lowest BCUT2D eigenvalue weighted by Crippen LogP contribution is -2.31. The van der Waals surface area contributed by atoms with Gasteiger partial charge in [-0.05, 0) is 62.2 Å². The molecule has 0 atom stereocenters. The second-order valence-corrected chi connectivity index (χ2v) is 7.13. The Kier molecular flexibility index (Phi) is 6.43. The highest BCUT2D eigenvalue weighted by Gasteiger charge is 2.33. The van der Waals surface area contributed by atoms with Crippen molar-refractivity contribution in [3.8, 4) is 22.6 Å². The number of ether oxygens (including phenoxy) is 3. The van der Waals surface area contributed by atoms with Gasteiger partial charge in [-0.2, -0.15) is 0 Å². The Bertz CT molecular complexity index is 770. The molecule has 0 amide bonds. The van der Waals surface area contributed by atoms with Crippen LogP contribution in [0.4, 0.5) is 0 Å². The van der Waals surface area contributed by atoms with Gasteiger partial charge in [0.25, 0.3) is 0 Å². The van der Waals surface area contributed by atoms with E-state index in [0.29, 0.717) is 33.7 Å². The maximum absolute atomic E-state index is 12.4. The number of rotatable bonds is 6. The molecule has 4 nitrogen and oxygen atoms in total. The first-order valence-electron chi connectivity index (χ1n) is 8.14. The average molecular weight is 397 g/mol. The molecule has 0 bridgehead atoms. The lowest BCUT2D eigenvalue weighted by Gasteiger charge is -2.25. The monoisotopic (exact) mass is 396 g/mol. The van der Waals surface area contributed by atoms with E-state index in [4.69, 9.17) is 37.4 Å². The van der Waals surface area contributed by atoms with E-state index in [1.54, 1.807) is 53.2 Å². The van der Waals surface area contributed by atoms with E-state index in [2.05, 4.69) is 0 Å². The van der Waals surface area contributed by atoms with Gasteiger partial charge in [-0.3, -0.25) is 4.79 Å². The first-order chi connectivity index (χ1) is 12.2. The summed E-state index contributed by atoms with van der Waals surface area (Å²) in [6, 6.07) is 8.84. The number of methoxy groups -OCH3 is 2. The van der Waals surface area contributed by atoms with E-state index in [1.807, 2.05) is 12.1 Å². The van der Waals surface area contributed by atoms with Crippen LogP contribution in [0.25, 0.3) is 11.1 Å². The molecule has 0 radical (unpaired) electrons. The standard InChI is InChI=1S/C20H22Cl2O4/c1-6-26-19(23)20(2,3)13-9-16(24-4)18(17(10-13)25-5)12-7-14(21)11-15(22)8-12/h7-11H,6H2,1-5H3. The maximum Gasteiger partial charge on any atom is 0.315 e. The Morgan fingerprint density at radius 1 is 0.962 bits per heavy atom. The van der Waals surface area contributed by atoms with Crippen LogP contribution in [0, 0.1) is 0 Å². The van der Waals surface area contributed by atoms with Crippen molar-refractivity contribution in [2.75, 3.05) is 20.8 Å². The maximum atomic E-state index is 12.4. The molecule has 0 heterocycles. The van der Waals surface area contributed by atoms with Gasteiger partial charge < -0.3 is 14.2 Å². The fraction of sp³-hybridized carbons (Fsp3) is 0.350. The molecule has 0 aliphatic heterocycles. The Hall–Kier alpha value is -1.91. The zero-order valence-corrected chi connectivity index (χ0v) is 17.0. The summed E-state index contributed by atoms with van der Waals surface area (Å²) in [5, 5.41) is 1.01. The van der Waals surface area contributed by atoms with Crippen LogP contribution in [0.1, 0.15) is 26.3 Å². The van der Waals surface area contributed by atoms with E-state index >= 15 is 0 Å². The highest BCUT2D eigenvalue weighted by atomic mass is 35.5. The minimum atomic E-state index is -0.860. The molecule has 0 N–H and O–H groups in total. The van der Waals surface area contributed by atoms with Gasteiger partial charge in [-0.25, -0.2) is 0 Å². The molecular formula is C20H22Cl2O4. The smallest absolute Gasteiger partial charge is 0.315 e. The summed E-state index contributed by atoms with van der Waals surface area (Å²) < 4.78 is 16.4. The quantitative estimate of drug-likeness (QED) is 0.603. The van der Waals surface area contributed by atoms with Crippen LogP contribution >= 0.6 is 23.2 Å². The fourth-order valence-corrected chi connectivity index (χ4v) is 3.21. The van der Waals surface area contributed by atoms with Crippen LogP contribution in [0.15, 0.2) is 30.3 Å². The topological polar surface area (TPSA) is 44.8 Å². The summed E-state index contributed by atoms with van der Waals surface area (Å²) in [6.07, 6.45) is 0. The first kappa shape index (κ1) is 20.4. The third-order valence-electron chi connectivity index (χ3n) is 4.16. The molecule has 0 spiro atoms. The van der Waals surface area contributed by atoms with Crippen LogP contribution in [0.5, 0.6) is 11.5 Å². The highest BCUT2D eigenvalue weighted by molar-refractivity contribution is 6.35. The van der Waals surface area contributed by atoms with Crippen molar-refractivity contribution in [2.45, 2.75) is 26.2 Å². The van der Waals surface area contributed by atoms with Gasteiger partial charge in [0.2, 0.25) is 0 Å². The van der Waals surface area contributed by atoms with E-state index in [0.717, 1.165) is 11.1 Å². The summed E-state index contributed by atoms with van der Waals surface area (Å²) in [5.74, 6) is 0.785. The molecule has 6 heteroatoms. The number of hydrogen-bond acceptors (Lipinski definition) is 4. The van der Waals surface area contributed by atoms with Crippen LogP contribution in [-0.2, 0) is 14.9 Å². The van der Waals surface area contributed by atoms with E-state index in [1.165, 1.54) is 0 Å². The van der Waals surface area contributed by atoms with Gasteiger partial charge in [0.15, 0.2) is 0 Å². The fourth-order valence-electron chi connectivity index (χ4n) is 2.68. The number of carbonyl (C=O) groups excluding carboxylic acids is 1. The molecule has 0 saturated heterocycles. The van der Waals surface area contributed by atoms with Gasteiger partial charge in [-0.15, -0.1) is 0 Å². The molecule has 0 unspecified atom stereocenters. The lowest BCUT2D eigenvalue weighted by molar-refractivity contribution is -0.148. The van der Waals surface area contributed by atoms with Gasteiger partial charge in [0.05, 0.1) is 31.8 Å². The minimum absolute atomic E-state index is 0.315. The molecule has 2 aromatic carbocycles. The largest absolute Gasteiger partial charge is 0.496 e. The SMILES string of the molecule is CCOC(=O)C(C)(C)c1cc(OC)c(-c2cc(Cl)cc(Cl)c2)c(OC)c1. The lowest BCUT2D eigenvalue weighted by atomic mass is 9.83. The number of halogens is 2. The number of hydrogen-bond donors (Lipinski definition) is 0. The second kappa shape index (κ2) is 8.19. The average Bonchev–Trinajstić information content (AvgIpc) is 2.59. The molecule has 26 heavy (non-hydrogen) atoms. The number of benzene rings is 2. The zero-order chi connectivity index (χ0) is 19.5. The van der Waals surface area contributed by atoms with Crippen molar-refractivity contribution in [1.82, 2.24) is 0 Å². The molecule has 140 valence electrons. The van der Waals surface area contributed by atoms with E-state index in [-0.39, 0.29) is 5.97 Å². The number of esters is 1. The van der Waals surface area contributed by atoms with Gasteiger partial charge in [-0.1, -0.05) is 23.2 Å². The Balaban J connectivity index is 2.67. The predicted octanol–water partition coefficient (Wildman–Crippen LogP) is 5.52. The third-order valence-corrected chi connectivity index (χ3v) is 4.60. The van der Waals surface area contributed by atoms with Crippen molar-refractivity contribution in [3.05, 3.63) is 45.9 Å². The normalized spacial score (nSPS) is 11.2. The highest BCUT2D eigenvalue weighted by Crippen LogP contribution is 2.43. The molecular weight excluding hydrogens is 375 g/mol.